The summed E-state index contributed by atoms with van der Waals surface area (Å²) in [6.45, 7) is 5.43. The van der Waals surface area contributed by atoms with E-state index in [4.69, 9.17) is 4.42 Å². The van der Waals surface area contributed by atoms with E-state index >= 15 is 0 Å². The predicted octanol–water partition coefficient (Wildman–Crippen LogP) is 4.22. The minimum Gasteiger partial charge on any atom is -0.423 e. The molecule has 0 bridgehead atoms. The van der Waals surface area contributed by atoms with Gasteiger partial charge >= 0.3 is 5.63 Å². The van der Waals surface area contributed by atoms with Crippen molar-refractivity contribution < 1.29 is 13.6 Å². The minimum atomic E-state index is -0.435. The van der Waals surface area contributed by atoms with Crippen LogP contribution < -0.4 is 10.9 Å². The Morgan fingerprint density at radius 1 is 1.13 bits per heavy atom. The number of amides is 1. The Hall–Kier alpha value is -3.74. The van der Waals surface area contributed by atoms with E-state index in [2.05, 4.69) is 10.4 Å². The molecular formula is C23H20FN3O3. The molecule has 1 amide bonds. The molecule has 0 aliphatic rings. The van der Waals surface area contributed by atoms with Gasteiger partial charge in [0.25, 0.3) is 0 Å². The van der Waals surface area contributed by atoms with Crippen molar-refractivity contribution in [1.29, 1.82) is 0 Å². The molecule has 0 saturated carbocycles. The highest BCUT2D eigenvalue weighted by atomic mass is 19.1. The fourth-order valence-corrected chi connectivity index (χ4v) is 3.56. The number of nitrogens with one attached hydrogen (secondary N) is 1. The molecule has 0 saturated heterocycles. The van der Waals surface area contributed by atoms with E-state index in [1.54, 1.807) is 43.3 Å². The third-order valence-corrected chi connectivity index (χ3v) is 5.09. The number of fused-ring (bicyclic) bond motifs is 1. The summed E-state index contributed by atoms with van der Waals surface area (Å²) >= 11 is 0. The third kappa shape index (κ3) is 3.61. The van der Waals surface area contributed by atoms with Gasteiger partial charge in [0, 0.05) is 34.5 Å². The lowest BCUT2D eigenvalue weighted by molar-refractivity contribution is -0.115. The predicted molar refractivity (Wildman–Crippen MR) is 113 cm³/mol. The number of hydrogen-bond donors (Lipinski definition) is 1. The standard InChI is InChI=1S/C23H20FN3O3/c1-13-10-23(29)30-21-11-16(8-9-17(13)21)25-22(28)12-18-14(2)26-27(15(18)3)20-7-5-4-6-19(20)24/h4-11H,12H2,1-3H3,(H,25,28). The van der Waals surface area contributed by atoms with Crippen LogP contribution in [0.1, 0.15) is 22.5 Å². The van der Waals surface area contributed by atoms with Crippen LogP contribution in [-0.2, 0) is 11.2 Å². The smallest absolute Gasteiger partial charge is 0.336 e. The molecule has 0 unspecified atom stereocenters. The van der Waals surface area contributed by atoms with Gasteiger partial charge in [-0.3, -0.25) is 4.79 Å². The summed E-state index contributed by atoms with van der Waals surface area (Å²) in [6, 6.07) is 13.0. The van der Waals surface area contributed by atoms with Crippen LogP contribution in [0.15, 0.2) is 57.7 Å². The van der Waals surface area contributed by atoms with E-state index in [0.717, 1.165) is 16.5 Å². The van der Waals surface area contributed by atoms with Gasteiger partial charge in [-0.15, -0.1) is 0 Å². The highest BCUT2D eigenvalue weighted by Crippen LogP contribution is 2.23. The number of hydrogen-bond acceptors (Lipinski definition) is 4. The van der Waals surface area contributed by atoms with Gasteiger partial charge in [-0.05, 0) is 50.6 Å². The molecule has 7 heteroatoms. The molecule has 0 fully saturated rings. The third-order valence-electron chi connectivity index (χ3n) is 5.09. The van der Waals surface area contributed by atoms with Crippen LogP contribution >= 0.6 is 0 Å². The van der Waals surface area contributed by atoms with Crippen molar-refractivity contribution >= 4 is 22.6 Å². The van der Waals surface area contributed by atoms with Gasteiger partial charge in [-0.2, -0.15) is 5.10 Å². The number of aromatic nitrogens is 2. The fourth-order valence-electron chi connectivity index (χ4n) is 3.56. The molecule has 0 spiro atoms. The van der Waals surface area contributed by atoms with Gasteiger partial charge in [0.2, 0.25) is 5.91 Å². The van der Waals surface area contributed by atoms with Gasteiger partial charge in [0.1, 0.15) is 17.1 Å². The molecule has 1 N–H and O–H groups in total. The normalized spacial score (nSPS) is 11.1. The van der Waals surface area contributed by atoms with Crippen LogP contribution in [-0.4, -0.2) is 15.7 Å². The Morgan fingerprint density at radius 2 is 1.90 bits per heavy atom. The lowest BCUT2D eigenvalue weighted by Crippen LogP contribution is -2.15. The largest absolute Gasteiger partial charge is 0.423 e. The summed E-state index contributed by atoms with van der Waals surface area (Å²) in [5.74, 6) is -0.629. The van der Waals surface area contributed by atoms with Crippen molar-refractivity contribution in [1.82, 2.24) is 9.78 Å². The number of nitrogens with zero attached hydrogens (tertiary/aromatic N) is 2. The van der Waals surface area contributed by atoms with Crippen LogP contribution in [0.25, 0.3) is 16.7 Å². The van der Waals surface area contributed by atoms with E-state index in [-0.39, 0.29) is 18.1 Å². The molecule has 0 aliphatic heterocycles. The lowest BCUT2D eigenvalue weighted by atomic mass is 10.1. The van der Waals surface area contributed by atoms with Gasteiger partial charge in [-0.1, -0.05) is 12.1 Å². The highest BCUT2D eigenvalue weighted by molar-refractivity contribution is 5.95. The molecule has 2 heterocycles. The van der Waals surface area contributed by atoms with Gasteiger partial charge in [0.15, 0.2) is 0 Å². The quantitative estimate of drug-likeness (QED) is 0.516. The van der Waals surface area contributed by atoms with Crippen LogP contribution in [0.4, 0.5) is 10.1 Å². The number of rotatable bonds is 4. The molecule has 0 aliphatic carbocycles. The molecule has 4 rings (SSSR count). The summed E-state index contributed by atoms with van der Waals surface area (Å²) in [5, 5.41) is 8.04. The Morgan fingerprint density at radius 3 is 2.67 bits per heavy atom. The first-order valence-corrected chi connectivity index (χ1v) is 9.48. The summed E-state index contributed by atoms with van der Waals surface area (Å²) in [7, 11) is 0. The Bertz CT molecular complexity index is 1340. The zero-order valence-electron chi connectivity index (χ0n) is 16.8. The second-order valence-electron chi connectivity index (χ2n) is 7.20. The van der Waals surface area contributed by atoms with Crippen LogP contribution in [0, 0.1) is 26.6 Å². The van der Waals surface area contributed by atoms with Crippen LogP contribution in [0.2, 0.25) is 0 Å². The minimum absolute atomic E-state index is 0.0852. The second-order valence-corrected chi connectivity index (χ2v) is 7.20. The maximum atomic E-state index is 14.2. The molecule has 4 aromatic rings. The van der Waals surface area contributed by atoms with Crippen molar-refractivity contribution in [2.24, 2.45) is 0 Å². The zero-order valence-corrected chi connectivity index (χ0v) is 16.8. The van der Waals surface area contributed by atoms with Crippen LogP contribution in [0.3, 0.4) is 0 Å². The van der Waals surface area contributed by atoms with E-state index in [9.17, 15) is 14.0 Å². The van der Waals surface area contributed by atoms with Gasteiger partial charge < -0.3 is 9.73 Å². The number of carbonyl (C=O) groups excluding carboxylic acids is 1. The van der Waals surface area contributed by atoms with Crippen molar-refractivity contribution in [3.63, 3.8) is 0 Å². The lowest BCUT2D eigenvalue weighted by Gasteiger charge is -2.08. The number of benzene rings is 2. The molecule has 0 radical (unpaired) electrons. The van der Waals surface area contributed by atoms with E-state index in [1.165, 1.54) is 16.8 Å². The monoisotopic (exact) mass is 405 g/mol. The summed E-state index contributed by atoms with van der Waals surface area (Å²) < 4.78 is 20.9. The van der Waals surface area contributed by atoms with Gasteiger partial charge in [0.05, 0.1) is 12.1 Å². The van der Waals surface area contributed by atoms with E-state index < -0.39 is 5.63 Å². The molecule has 6 nitrogen and oxygen atoms in total. The molecule has 0 atom stereocenters. The molecule has 30 heavy (non-hydrogen) atoms. The summed E-state index contributed by atoms with van der Waals surface area (Å²) in [6.07, 6.45) is 0.0852. The van der Waals surface area contributed by atoms with Crippen molar-refractivity contribution in [3.8, 4) is 5.69 Å². The topological polar surface area (TPSA) is 77.1 Å². The van der Waals surface area contributed by atoms with E-state index in [0.29, 0.717) is 28.3 Å². The number of para-hydroxylation sites is 1. The molecule has 2 aromatic heterocycles. The first-order chi connectivity index (χ1) is 14.3. The SMILES string of the molecule is Cc1nn(-c2ccccc2F)c(C)c1CC(=O)Nc1ccc2c(C)cc(=O)oc2c1. The first-order valence-electron chi connectivity index (χ1n) is 9.48. The average molecular weight is 405 g/mol. The number of carbonyl (C=O) groups is 1. The Kier molecular flexibility index (Phi) is 4.95. The molecule has 2 aromatic carbocycles. The maximum Gasteiger partial charge on any atom is 0.336 e. The van der Waals surface area contributed by atoms with Crippen LogP contribution in [0.5, 0.6) is 0 Å². The second kappa shape index (κ2) is 7.59. The average Bonchev–Trinajstić information content (AvgIpc) is 2.96. The Labute approximate surface area is 172 Å². The highest BCUT2D eigenvalue weighted by Gasteiger charge is 2.18. The summed E-state index contributed by atoms with van der Waals surface area (Å²) in [5.41, 5.74) is 3.75. The maximum absolute atomic E-state index is 14.2. The number of halogens is 1. The van der Waals surface area contributed by atoms with Crippen molar-refractivity contribution in [3.05, 3.63) is 87.3 Å². The van der Waals surface area contributed by atoms with Gasteiger partial charge in [-0.25, -0.2) is 13.9 Å². The van der Waals surface area contributed by atoms with Crippen molar-refractivity contribution in [2.45, 2.75) is 27.2 Å². The number of anilines is 1. The Balaban J connectivity index is 1.58. The first kappa shape index (κ1) is 19.6. The summed E-state index contributed by atoms with van der Waals surface area (Å²) in [4.78, 5) is 24.3. The molecule has 152 valence electrons. The number of aryl methyl sites for hydroxylation is 2. The molecular weight excluding hydrogens is 385 g/mol. The van der Waals surface area contributed by atoms with Crippen molar-refractivity contribution in [2.75, 3.05) is 5.32 Å². The van der Waals surface area contributed by atoms with E-state index in [1.807, 2.05) is 13.8 Å². The zero-order chi connectivity index (χ0) is 21.4. The fraction of sp³-hybridized carbons (Fsp3) is 0.174.